The number of hydrogen-bond acceptors (Lipinski definition) is 4. The van der Waals surface area contributed by atoms with Gasteiger partial charge in [-0.05, 0) is 50.5 Å². The van der Waals surface area contributed by atoms with Gasteiger partial charge >= 0.3 is 5.97 Å². The summed E-state index contributed by atoms with van der Waals surface area (Å²) in [7, 11) is 0. The summed E-state index contributed by atoms with van der Waals surface area (Å²) < 4.78 is 0. The lowest BCUT2D eigenvalue weighted by Gasteiger charge is -2.26. The van der Waals surface area contributed by atoms with E-state index >= 15 is 0 Å². The first-order valence-corrected chi connectivity index (χ1v) is 9.89. The highest BCUT2D eigenvalue weighted by Gasteiger charge is 2.54. The van der Waals surface area contributed by atoms with Crippen LogP contribution in [0.2, 0.25) is 0 Å². The highest BCUT2D eigenvalue weighted by Crippen LogP contribution is 2.52. The number of aromatic nitrogens is 1. The van der Waals surface area contributed by atoms with Crippen molar-refractivity contribution in [2.45, 2.75) is 33.1 Å². The topological polar surface area (TPSA) is 79.3 Å². The molecule has 0 radical (unpaired) electrons. The second kappa shape index (κ2) is 6.50. The monoisotopic (exact) mass is 370 g/mol. The number of nitrogens with zero attached hydrogens (tertiary/aromatic N) is 1. The van der Waals surface area contributed by atoms with Crippen LogP contribution in [0.5, 0.6) is 0 Å². The molecule has 0 spiro atoms. The number of carboxylic acids is 1. The van der Waals surface area contributed by atoms with Crippen LogP contribution in [0.3, 0.4) is 0 Å². The van der Waals surface area contributed by atoms with Gasteiger partial charge in [0.25, 0.3) is 0 Å². The van der Waals surface area contributed by atoms with Crippen molar-refractivity contribution in [3.8, 4) is 11.3 Å². The second-order valence-corrected chi connectivity index (χ2v) is 8.43. The smallest absolute Gasteiger partial charge is 0.307 e. The zero-order valence-electron chi connectivity index (χ0n) is 14.9. The fraction of sp³-hybridized carbons (Fsp3) is 0.450. The van der Waals surface area contributed by atoms with Gasteiger partial charge in [-0.25, -0.2) is 4.98 Å². The first-order chi connectivity index (χ1) is 12.4. The van der Waals surface area contributed by atoms with E-state index in [4.69, 9.17) is 0 Å². The molecule has 0 saturated heterocycles. The fourth-order valence-electron chi connectivity index (χ4n) is 4.77. The third-order valence-electron chi connectivity index (χ3n) is 5.90. The number of anilines is 1. The van der Waals surface area contributed by atoms with Crippen LogP contribution in [0, 0.1) is 37.5 Å². The van der Waals surface area contributed by atoms with Crippen LogP contribution < -0.4 is 5.32 Å². The van der Waals surface area contributed by atoms with Crippen LogP contribution in [0.15, 0.2) is 23.6 Å². The molecule has 4 rings (SSSR count). The molecule has 6 heteroatoms. The average Bonchev–Trinajstić information content (AvgIpc) is 3.29. The van der Waals surface area contributed by atoms with Crippen LogP contribution in [-0.2, 0) is 9.59 Å². The van der Waals surface area contributed by atoms with Crippen molar-refractivity contribution >= 4 is 28.3 Å². The van der Waals surface area contributed by atoms with Gasteiger partial charge in [-0.1, -0.05) is 23.8 Å². The number of fused-ring (bicyclic) bond motifs is 2. The van der Waals surface area contributed by atoms with Crippen LogP contribution in [0.4, 0.5) is 5.13 Å². The summed E-state index contributed by atoms with van der Waals surface area (Å²) in [6.07, 6.45) is 2.75. The molecule has 2 bridgehead atoms. The molecule has 26 heavy (non-hydrogen) atoms. The first-order valence-electron chi connectivity index (χ1n) is 9.01. The summed E-state index contributed by atoms with van der Waals surface area (Å²) in [6, 6.07) is 6.20. The van der Waals surface area contributed by atoms with Crippen molar-refractivity contribution in [2.24, 2.45) is 23.7 Å². The highest BCUT2D eigenvalue weighted by atomic mass is 32.1. The Morgan fingerprint density at radius 3 is 2.62 bits per heavy atom. The largest absolute Gasteiger partial charge is 0.481 e. The van der Waals surface area contributed by atoms with E-state index in [1.807, 2.05) is 24.4 Å². The molecular formula is C20H22N2O3S. The van der Waals surface area contributed by atoms with E-state index in [0.717, 1.165) is 36.1 Å². The maximum absolute atomic E-state index is 12.8. The van der Waals surface area contributed by atoms with E-state index < -0.39 is 17.8 Å². The van der Waals surface area contributed by atoms with Crippen molar-refractivity contribution in [3.05, 3.63) is 34.7 Å². The summed E-state index contributed by atoms with van der Waals surface area (Å²) in [5.41, 5.74) is 4.24. The molecule has 2 N–H and O–H groups in total. The van der Waals surface area contributed by atoms with Gasteiger partial charge in [-0.2, -0.15) is 0 Å². The van der Waals surface area contributed by atoms with Crippen LogP contribution in [0.25, 0.3) is 11.3 Å². The van der Waals surface area contributed by atoms with Gasteiger partial charge in [0, 0.05) is 10.9 Å². The van der Waals surface area contributed by atoms with Crippen molar-refractivity contribution in [1.29, 1.82) is 0 Å². The van der Waals surface area contributed by atoms with Gasteiger partial charge < -0.3 is 10.4 Å². The van der Waals surface area contributed by atoms with Crippen molar-refractivity contribution in [2.75, 3.05) is 5.32 Å². The predicted molar refractivity (Wildman–Crippen MR) is 101 cm³/mol. The van der Waals surface area contributed by atoms with Gasteiger partial charge in [0.05, 0.1) is 17.5 Å². The van der Waals surface area contributed by atoms with Gasteiger partial charge in [-0.3, -0.25) is 9.59 Å². The Morgan fingerprint density at radius 2 is 1.92 bits per heavy atom. The lowest BCUT2D eigenvalue weighted by Crippen LogP contribution is -2.37. The van der Waals surface area contributed by atoms with Gasteiger partial charge in [0.15, 0.2) is 5.13 Å². The molecular weight excluding hydrogens is 348 g/mol. The molecule has 2 aromatic rings. The molecule has 4 atom stereocenters. The minimum absolute atomic E-state index is 0.148. The molecule has 0 unspecified atom stereocenters. The Morgan fingerprint density at radius 1 is 1.19 bits per heavy atom. The molecule has 5 nitrogen and oxygen atoms in total. The molecule has 136 valence electrons. The average molecular weight is 370 g/mol. The SMILES string of the molecule is Cc1ccc(-c2csc(NC(=O)[C@@H]3[C@H]4CC[C@@H](C4)[C@@H]3C(=O)O)n2)c(C)c1. The molecule has 1 aromatic carbocycles. The molecule has 2 aliphatic carbocycles. The predicted octanol–water partition coefficient (Wildman–Crippen LogP) is 4.11. The number of nitrogens with one attached hydrogen (secondary N) is 1. The molecule has 1 amide bonds. The number of thiazole rings is 1. The molecule has 0 aliphatic heterocycles. The molecule has 2 aliphatic rings. The van der Waals surface area contributed by atoms with Gasteiger partial charge in [0.2, 0.25) is 5.91 Å². The number of carbonyl (C=O) groups excluding carboxylic acids is 1. The third-order valence-corrected chi connectivity index (χ3v) is 6.65. The number of benzene rings is 1. The Kier molecular flexibility index (Phi) is 4.31. The number of aliphatic carboxylic acids is 1. The van der Waals surface area contributed by atoms with E-state index in [1.165, 1.54) is 16.9 Å². The number of hydrogen-bond donors (Lipinski definition) is 2. The number of carbonyl (C=O) groups is 2. The normalized spacial score (nSPS) is 26.8. The maximum atomic E-state index is 12.8. The molecule has 2 fully saturated rings. The van der Waals surface area contributed by atoms with Crippen LogP contribution in [0.1, 0.15) is 30.4 Å². The summed E-state index contributed by atoms with van der Waals surface area (Å²) in [5, 5.41) is 14.9. The quantitative estimate of drug-likeness (QED) is 0.849. The van der Waals surface area contributed by atoms with E-state index in [2.05, 4.69) is 23.3 Å². The highest BCUT2D eigenvalue weighted by molar-refractivity contribution is 7.14. The number of aryl methyl sites for hydroxylation is 2. The van der Waals surface area contributed by atoms with E-state index in [9.17, 15) is 14.7 Å². The zero-order valence-corrected chi connectivity index (χ0v) is 15.7. The molecule has 1 heterocycles. The minimum atomic E-state index is -0.840. The lowest BCUT2D eigenvalue weighted by molar-refractivity contribution is -0.148. The van der Waals surface area contributed by atoms with Crippen molar-refractivity contribution < 1.29 is 14.7 Å². The first kappa shape index (κ1) is 17.2. The molecule has 2 saturated carbocycles. The zero-order chi connectivity index (χ0) is 18.4. The Balaban J connectivity index is 1.52. The van der Waals surface area contributed by atoms with Crippen molar-refractivity contribution in [3.63, 3.8) is 0 Å². The Labute approximate surface area is 156 Å². The number of rotatable bonds is 4. The van der Waals surface area contributed by atoms with Crippen LogP contribution >= 0.6 is 11.3 Å². The standard InChI is InChI=1S/C20H22N2O3S/c1-10-3-6-14(11(2)7-10)15-9-26-20(21-15)22-18(23)16-12-4-5-13(8-12)17(16)19(24)25/h3,6-7,9,12-13,16-17H,4-5,8H2,1-2H3,(H,24,25)(H,21,22,23)/t12-,13-,16+,17-/m0/s1. The summed E-state index contributed by atoms with van der Waals surface area (Å²) in [6.45, 7) is 4.10. The van der Waals surface area contributed by atoms with Crippen LogP contribution in [-0.4, -0.2) is 22.0 Å². The summed E-state index contributed by atoms with van der Waals surface area (Å²) in [5.74, 6) is -1.67. The fourth-order valence-corrected chi connectivity index (χ4v) is 5.48. The summed E-state index contributed by atoms with van der Waals surface area (Å²) in [4.78, 5) is 28.9. The van der Waals surface area contributed by atoms with E-state index in [0.29, 0.717) is 5.13 Å². The van der Waals surface area contributed by atoms with Crippen molar-refractivity contribution in [1.82, 2.24) is 4.98 Å². The summed E-state index contributed by atoms with van der Waals surface area (Å²) >= 11 is 1.38. The van der Waals surface area contributed by atoms with Gasteiger partial charge in [0.1, 0.15) is 0 Å². The maximum Gasteiger partial charge on any atom is 0.307 e. The second-order valence-electron chi connectivity index (χ2n) is 7.57. The lowest BCUT2D eigenvalue weighted by atomic mass is 9.79. The number of amides is 1. The van der Waals surface area contributed by atoms with Gasteiger partial charge in [-0.15, -0.1) is 11.3 Å². The van der Waals surface area contributed by atoms with E-state index in [1.54, 1.807) is 0 Å². The minimum Gasteiger partial charge on any atom is -0.481 e. The molecule has 1 aromatic heterocycles. The number of carboxylic acid groups (broad SMARTS) is 1. The van der Waals surface area contributed by atoms with E-state index in [-0.39, 0.29) is 17.7 Å². The third kappa shape index (κ3) is 2.92. The Bertz CT molecular complexity index is 876. The Hall–Kier alpha value is -2.21.